The number of nitrogens with one attached hydrogen (secondary N) is 1. The van der Waals surface area contributed by atoms with E-state index in [1.807, 2.05) is 108 Å². The maximum atomic E-state index is 13.4. The van der Waals surface area contributed by atoms with E-state index in [-0.39, 0.29) is 30.1 Å². The lowest BCUT2D eigenvalue weighted by Crippen LogP contribution is -2.41. The van der Waals surface area contributed by atoms with Gasteiger partial charge in [-0.3, -0.25) is 18.8 Å². The Bertz CT molecular complexity index is 2780. The Morgan fingerprint density at radius 1 is 0.722 bits per heavy atom. The average molecular weight is 1030 g/mol. The number of methoxy groups -OCH3 is 3. The van der Waals surface area contributed by atoms with Crippen molar-refractivity contribution in [1.82, 2.24) is 24.2 Å². The first-order chi connectivity index (χ1) is 35.4. The zero-order chi connectivity index (χ0) is 49.7. The summed E-state index contributed by atoms with van der Waals surface area (Å²) in [7, 11) is 3.62. The van der Waals surface area contributed by atoms with Crippen LogP contribution in [0.25, 0.3) is 11.2 Å². The number of rotatable bonds is 23. The fraction of sp³-hybridized carbons (Fsp3) is 0.315. The number of amides is 1. The van der Waals surface area contributed by atoms with Crippen LogP contribution in [-0.2, 0) is 29.1 Å². The topological polar surface area (TPSA) is 158 Å². The molecule has 2 aromatic heterocycles. The summed E-state index contributed by atoms with van der Waals surface area (Å²) < 4.78 is 50.1. The van der Waals surface area contributed by atoms with Crippen LogP contribution in [0.1, 0.15) is 56.5 Å². The minimum Gasteiger partial charge on any atom is -0.497 e. The van der Waals surface area contributed by atoms with Crippen molar-refractivity contribution in [2.75, 3.05) is 71.1 Å². The highest BCUT2D eigenvalue weighted by Gasteiger charge is 2.51. The number of aromatic nitrogens is 4. The van der Waals surface area contributed by atoms with Crippen LogP contribution in [0.3, 0.4) is 0 Å². The van der Waals surface area contributed by atoms with Crippen molar-refractivity contribution in [3.63, 3.8) is 0 Å². The smallest absolute Gasteiger partial charge is 0.256 e. The third-order valence-corrected chi connectivity index (χ3v) is 17.7. The number of carbonyl (C=O) groups is 2. The molecular weight excluding hydrogens is 972 g/mol. The molecule has 5 atom stereocenters. The molecule has 0 spiro atoms. The zero-order valence-corrected chi connectivity index (χ0v) is 42.8. The van der Waals surface area contributed by atoms with Gasteiger partial charge in [-0.1, -0.05) is 126 Å². The number of imidazole rings is 1. The Morgan fingerprint density at radius 3 is 1.96 bits per heavy atom. The molecule has 2 saturated heterocycles. The number of hydrogen-bond acceptors (Lipinski definition) is 15. The Kier molecular flexibility index (Phi) is 17.6. The zero-order valence-electron chi connectivity index (χ0n) is 40.3. The predicted molar refractivity (Wildman–Crippen MR) is 282 cm³/mol. The molecular formula is C54H57N6O9PS2. The molecule has 18 heteroatoms. The van der Waals surface area contributed by atoms with Crippen LogP contribution < -0.4 is 14.8 Å². The number of benzene rings is 5. The molecule has 0 aliphatic carbocycles. The van der Waals surface area contributed by atoms with E-state index >= 15 is 0 Å². The van der Waals surface area contributed by atoms with E-state index in [2.05, 4.69) is 27.1 Å². The van der Waals surface area contributed by atoms with E-state index in [1.165, 1.54) is 18.1 Å². The molecule has 2 fully saturated rings. The Morgan fingerprint density at radius 2 is 1.33 bits per heavy atom. The first-order valence-electron chi connectivity index (χ1n) is 23.8. The van der Waals surface area contributed by atoms with Crippen LogP contribution in [0.4, 0.5) is 5.82 Å². The number of nitrogens with zero attached hydrogens (tertiary/aromatic N) is 5. The molecule has 2 aliphatic rings. The van der Waals surface area contributed by atoms with Crippen molar-refractivity contribution < 1.29 is 42.5 Å². The van der Waals surface area contributed by atoms with Crippen LogP contribution >= 0.6 is 30.6 Å². The van der Waals surface area contributed by atoms with Gasteiger partial charge in [-0.25, -0.2) is 15.0 Å². The number of anilines is 1. The number of fused-ring (bicyclic) bond motifs is 1. The van der Waals surface area contributed by atoms with E-state index in [1.54, 1.807) is 63.3 Å². The Hall–Kier alpha value is -5.72. The molecule has 1 amide bonds. The Labute approximate surface area is 428 Å². The van der Waals surface area contributed by atoms with E-state index in [9.17, 15) is 9.59 Å². The maximum Gasteiger partial charge on any atom is 0.256 e. The number of carbonyl (C=O) groups excluding carboxylic acids is 2. The molecule has 7 aromatic rings. The van der Waals surface area contributed by atoms with E-state index in [0.29, 0.717) is 51.9 Å². The van der Waals surface area contributed by atoms with Crippen LogP contribution in [0.15, 0.2) is 152 Å². The van der Waals surface area contributed by atoms with Gasteiger partial charge in [0, 0.05) is 42.8 Å². The van der Waals surface area contributed by atoms with Crippen LogP contribution in [0.2, 0.25) is 0 Å². The molecule has 2 aliphatic heterocycles. The number of hydrogen-bond donors (Lipinski definition) is 1. The maximum absolute atomic E-state index is 13.4. The van der Waals surface area contributed by atoms with Gasteiger partial charge in [-0.15, -0.1) is 0 Å². The van der Waals surface area contributed by atoms with Gasteiger partial charge in [0.1, 0.15) is 41.7 Å². The van der Waals surface area contributed by atoms with Gasteiger partial charge >= 0.3 is 0 Å². The van der Waals surface area contributed by atoms with Crippen molar-refractivity contribution in [3.05, 3.63) is 180 Å². The first-order valence-corrected chi connectivity index (χ1v) is 27.5. The second-order valence-corrected chi connectivity index (χ2v) is 21.6. The quantitative estimate of drug-likeness (QED) is 0.0366. The number of thioether (sulfide) groups is 1. The summed E-state index contributed by atoms with van der Waals surface area (Å²) in [6, 6.07) is 44.2. The highest BCUT2D eigenvalue weighted by molar-refractivity contribution is 8.53. The predicted octanol–water partition coefficient (Wildman–Crippen LogP) is 10.0. The summed E-state index contributed by atoms with van der Waals surface area (Å²) in [4.78, 5) is 40.5. The third kappa shape index (κ3) is 11.7. The standard InChI is InChI=1S/C54H57N6O9PS2/c1-63-31-32-66-48-47(69-70(59-29-13-14-30-59)72-34-33-71-53(62)39-17-9-5-10-18-39)45(68-52(48)60-37-57-46-49(55-36-56-50(46)60)58-51(61)38-15-7-4-8-16-38)35-67-54(40-19-11-6-12-20-40,41-21-25-43(64-2)26-22-41)42-23-27-44(65-3)28-24-42/h4-12,15-28,36-37,45,47-48,52H,13-14,29-35H2,1-3H3,(H,55,56,58,61)/t45-,47?,48?,52-,70?/m1/s1. The second-order valence-electron chi connectivity index (χ2n) is 16.9. The molecule has 5 aromatic carbocycles. The van der Waals surface area contributed by atoms with E-state index < -0.39 is 37.6 Å². The summed E-state index contributed by atoms with van der Waals surface area (Å²) in [5.41, 5.74) is 3.39. The lowest BCUT2D eigenvalue weighted by atomic mass is 9.80. The van der Waals surface area contributed by atoms with Crippen molar-refractivity contribution in [2.45, 2.75) is 43.0 Å². The van der Waals surface area contributed by atoms with Crippen molar-refractivity contribution in [3.8, 4) is 11.5 Å². The lowest BCUT2D eigenvalue weighted by Gasteiger charge is -2.38. The van der Waals surface area contributed by atoms with E-state index in [0.717, 1.165) is 42.6 Å². The second kappa shape index (κ2) is 24.8. The fourth-order valence-corrected chi connectivity index (χ4v) is 14.2. The van der Waals surface area contributed by atoms with Crippen LogP contribution in [0.5, 0.6) is 11.5 Å². The van der Waals surface area contributed by atoms with Crippen LogP contribution in [0, 0.1) is 0 Å². The van der Waals surface area contributed by atoms with Gasteiger partial charge in [-0.2, -0.15) is 0 Å². The van der Waals surface area contributed by atoms with Gasteiger partial charge in [0.25, 0.3) is 5.91 Å². The molecule has 0 saturated carbocycles. The molecule has 15 nitrogen and oxygen atoms in total. The molecule has 4 heterocycles. The molecule has 0 bridgehead atoms. The largest absolute Gasteiger partial charge is 0.497 e. The summed E-state index contributed by atoms with van der Waals surface area (Å²) in [6.45, 7) is 2.32. The summed E-state index contributed by atoms with van der Waals surface area (Å²) in [5, 5.41) is 2.96. The monoisotopic (exact) mass is 1030 g/mol. The van der Waals surface area contributed by atoms with Gasteiger partial charge in [-0.05, 0) is 65.9 Å². The molecule has 0 radical (unpaired) electrons. The minimum atomic E-state index is -1.31. The first kappa shape index (κ1) is 51.2. The third-order valence-electron chi connectivity index (χ3n) is 12.5. The minimum absolute atomic E-state index is 0.0352. The van der Waals surface area contributed by atoms with E-state index in [4.69, 9.17) is 42.9 Å². The number of ether oxygens (including phenoxy) is 6. The van der Waals surface area contributed by atoms with Crippen molar-refractivity contribution >= 4 is 58.6 Å². The van der Waals surface area contributed by atoms with Gasteiger partial charge < -0.3 is 38.3 Å². The molecule has 1 N–H and O–H groups in total. The molecule has 3 unspecified atom stereocenters. The SMILES string of the molecule is COCCOC1C(OP(SCCSC(=O)c2ccccc2)N2CCCC2)[C@@H](COC(c2ccccc2)(c2ccc(OC)cc2)c2ccc(OC)cc2)O[C@H]1n1cnc2c(NC(=O)c3ccccc3)ncnc21. The average Bonchev–Trinajstić information content (AvgIpc) is 4.21. The molecule has 72 heavy (non-hydrogen) atoms. The Balaban J connectivity index is 1.10. The van der Waals surface area contributed by atoms with Crippen molar-refractivity contribution in [2.24, 2.45) is 0 Å². The summed E-state index contributed by atoms with van der Waals surface area (Å²) in [5.74, 6) is 2.60. The van der Waals surface area contributed by atoms with Gasteiger partial charge in [0.2, 0.25) is 5.12 Å². The highest BCUT2D eigenvalue weighted by Crippen LogP contribution is 2.58. The lowest BCUT2D eigenvalue weighted by molar-refractivity contribution is -0.0964. The highest BCUT2D eigenvalue weighted by atomic mass is 32.7. The van der Waals surface area contributed by atoms with Gasteiger partial charge in [0.15, 0.2) is 30.7 Å². The molecule has 9 rings (SSSR count). The van der Waals surface area contributed by atoms with Crippen LogP contribution in [-0.4, -0.2) is 119 Å². The van der Waals surface area contributed by atoms with Gasteiger partial charge in [0.05, 0.1) is 40.4 Å². The normalized spacial score (nSPS) is 18.5. The fourth-order valence-electron chi connectivity index (χ4n) is 8.87. The summed E-state index contributed by atoms with van der Waals surface area (Å²) >= 11 is 3.03. The summed E-state index contributed by atoms with van der Waals surface area (Å²) in [6.07, 6.45) is 2.10. The van der Waals surface area contributed by atoms with Crippen molar-refractivity contribution in [1.29, 1.82) is 0 Å². The molecule has 374 valence electrons.